The molecule has 0 atom stereocenters. The molecular weight excluding hydrogens is 378 g/mol. The lowest BCUT2D eigenvalue weighted by atomic mass is 10.2. The fraction of sp³-hybridized carbons (Fsp3) is 0.238. The molecule has 0 amide bonds. The zero-order valence-electron chi connectivity index (χ0n) is 16.1. The number of carbonyl (C=O) groups excluding carboxylic acids is 1. The van der Waals surface area contributed by atoms with Crippen molar-refractivity contribution in [3.8, 4) is 27.8 Å². The van der Waals surface area contributed by atoms with E-state index < -0.39 is 5.97 Å². The molecule has 3 aromatic rings. The molecule has 1 aromatic heterocycles. The third kappa shape index (κ3) is 4.26. The van der Waals surface area contributed by atoms with Gasteiger partial charge in [-0.1, -0.05) is 29.8 Å². The van der Waals surface area contributed by atoms with Gasteiger partial charge in [-0.15, -0.1) is 11.3 Å². The van der Waals surface area contributed by atoms with Crippen LogP contribution in [0.15, 0.2) is 41.8 Å². The Labute approximate surface area is 167 Å². The summed E-state index contributed by atoms with van der Waals surface area (Å²) < 4.78 is 21.2. The van der Waals surface area contributed by atoms with Crippen LogP contribution in [0.3, 0.4) is 0 Å². The van der Waals surface area contributed by atoms with Gasteiger partial charge >= 0.3 is 5.97 Å². The Morgan fingerprint density at radius 3 is 2.21 bits per heavy atom. The predicted octanol–water partition coefficient (Wildman–Crippen LogP) is 4.50. The highest BCUT2D eigenvalue weighted by atomic mass is 32.1. The van der Waals surface area contributed by atoms with E-state index in [0.717, 1.165) is 10.6 Å². The highest BCUT2D eigenvalue weighted by Gasteiger charge is 2.18. The van der Waals surface area contributed by atoms with Gasteiger partial charge in [-0.05, 0) is 19.1 Å². The van der Waals surface area contributed by atoms with Crippen molar-refractivity contribution in [3.63, 3.8) is 0 Å². The fourth-order valence-corrected chi connectivity index (χ4v) is 3.43. The molecule has 3 rings (SSSR count). The maximum absolute atomic E-state index is 12.5. The number of rotatable bonds is 7. The molecule has 1 heterocycles. The van der Waals surface area contributed by atoms with Gasteiger partial charge in [0.2, 0.25) is 5.75 Å². The molecule has 146 valence electrons. The number of hydrogen-bond acceptors (Lipinski definition) is 7. The van der Waals surface area contributed by atoms with Gasteiger partial charge in [0, 0.05) is 10.9 Å². The van der Waals surface area contributed by atoms with Crippen LogP contribution in [0.2, 0.25) is 0 Å². The van der Waals surface area contributed by atoms with Gasteiger partial charge in [0.25, 0.3) is 0 Å². The Hall–Kier alpha value is -3.06. The average molecular weight is 399 g/mol. The summed E-state index contributed by atoms with van der Waals surface area (Å²) in [6.07, 6.45) is 0. The van der Waals surface area contributed by atoms with Crippen LogP contribution in [0, 0.1) is 6.92 Å². The highest BCUT2D eigenvalue weighted by molar-refractivity contribution is 7.13. The van der Waals surface area contributed by atoms with Gasteiger partial charge in [-0.2, -0.15) is 0 Å². The van der Waals surface area contributed by atoms with Gasteiger partial charge in [0.15, 0.2) is 11.5 Å². The minimum absolute atomic E-state index is 0.0812. The van der Waals surface area contributed by atoms with Crippen molar-refractivity contribution in [2.75, 3.05) is 21.3 Å². The van der Waals surface area contributed by atoms with Gasteiger partial charge in [-0.25, -0.2) is 9.78 Å². The summed E-state index contributed by atoms with van der Waals surface area (Å²) in [4.78, 5) is 17.0. The highest BCUT2D eigenvalue weighted by Crippen LogP contribution is 2.38. The molecule has 0 bridgehead atoms. The first-order valence-corrected chi connectivity index (χ1v) is 9.42. The van der Waals surface area contributed by atoms with E-state index in [9.17, 15) is 4.79 Å². The van der Waals surface area contributed by atoms with Gasteiger partial charge < -0.3 is 18.9 Å². The molecule has 6 nitrogen and oxygen atoms in total. The van der Waals surface area contributed by atoms with Gasteiger partial charge in [0.1, 0.15) is 11.6 Å². The molecule has 0 unspecified atom stereocenters. The second-order valence-electron chi connectivity index (χ2n) is 6.00. The van der Waals surface area contributed by atoms with Crippen LogP contribution in [0.4, 0.5) is 0 Å². The van der Waals surface area contributed by atoms with Crippen molar-refractivity contribution in [1.82, 2.24) is 4.98 Å². The van der Waals surface area contributed by atoms with E-state index in [1.807, 2.05) is 36.6 Å². The molecule has 0 saturated heterocycles. The molecule has 0 saturated carbocycles. The topological polar surface area (TPSA) is 66.9 Å². The summed E-state index contributed by atoms with van der Waals surface area (Å²) in [6, 6.07) is 11.3. The van der Waals surface area contributed by atoms with Gasteiger partial charge in [0.05, 0.1) is 32.6 Å². The number of ether oxygens (including phenoxy) is 4. The molecule has 0 fully saturated rings. The minimum atomic E-state index is -0.496. The van der Waals surface area contributed by atoms with E-state index in [4.69, 9.17) is 18.9 Å². The quantitative estimate of drug-likeness (QED) is 0.545. The third-order valence-electron chi connectivity index (χ3n) is 4.10. The molecular formula is C21H21NO5S. The second-order valence-corrected chi connectivity index (χ2v) is 6.86. The zero-order chi connectivity index (χ0) is 20.1. The molecule has 0 aliphatic rings. The van der Waals surface area contributed by atoms with Crippen LogP contribution in [0.5, 0.6) is 17.2 Å². The Balaban J connectivity index is 1.71. The molecule has 0 aliphatic carbocycles. The van der Waals surface area contributed by atoms with Crippen molar-refractivity contribution >= 4 is 17.3 Å². The number of nitrogens with zero attached hydrogens (tertiary/aromatic N) is 1. The van der Waals surface area contributed by atoms with Gasteiger partial charge in [-0.3, -0.25) is 0 Å². The predicted molar refractivity (Wildman–Crippen MR) is 108 cm³/mol. The Morgan fingerprint density at radius 2 is 1.64 bits per heavy atom. The molecule has 28 heavy (non-hydrogen) atoms. The maximum atomic E-state index is 12.5. The molecule has 7 heteroatoms. The first-order chi connectivity index (χ1) is 13.5. The summed E-state index contributed by atoms with van der Waals surface area (Å²) >= 11 is 1.51. The Bertz CT molecular complexity index is 940. The third-order valence-corrected chi connectivity index (χ3v) is 5.04. The summed E-state index contributed by atoms with van der Waals surface area (Å²) in [6.45, 7) is 2.12. The first kappa shape index (κ1) is 19.7. The number of hydrogen-bond donors (Lipinski definition) is 0. The second kappa shape index (κ2) is 8.75. The van der Waals surface area contributed by atoms with E-state index in [1.54, 1.807) is 12.1 Å². The van der Waals surface area contributed by atoms with Crippen LogP contribution in [-0.2, 0) is 11.3 Å². The van der Waals surface area contributed by atoms with E-state index in [1.165, 1.54) is 38.2 Å². The Morgan fingerprint density at radius 1 is 1.00 bits per heavy atom. The number of carbonyl (C=O) groups is 1. The zero-order valence-corrected chi connectivity index (χ0v) is 17.0. The number of aromatic nitrogens is 1. The van der Waals surface area contributed by atoms with Crippen LogP contribution in [-0.4, -0.2) is 32.3 Å². The number of thiazole rings is 1. The number of benzene rings is 2. The van der Waals surface area contributed by atoms with Crippen molar-refractivity contribution in [2.45, 2.75) is 13.5 Å². The van der Waals surface area contributed by atoms with Crippen LogP contribution < -0.4 is 14.2 Å². The lowest BCUT2D eigenvalue weighted by Gasteiger charge is -2.13. The summed E-state index contributed by atoms with van der Waals surface area (Å²) in [7, 11) is 4.49. The smallest absolute Gasteiger partial charge is 0.338 e. The monoisotopic (exact) mass is 399 g/mol. The molecule has 2 aromatic carbocycles. The SMILES string of the molecule is COc1cc(C(=O)OCc2csc(-c3ccc(C)cc3)n2)cc(OC)c1OC. The summed E-state index contributed by atoms with van der Waals surface area (Å²) in [5.74, 6) is 0.709. The van der Waals surface area contributed by atoms with Crippen LogP contribution >= 0.6 is 11.3 Å². The summed E-state index contributed by atoms with van der Waals surface area (Å²) in [5.41, 5.74) is 3.24. The standard InChI is InChI=1S/C21H21NO5S/c1-13-5-7-14(8-6-13)20-22-16(12-28-20)11-27-21(23)15-9-17(24-2)19(26-4)18(10-15)25-3/h5-10,12H,11H2,1-4H3. The molecule has 0 aliphatic heterocycles. The number of methoxy groups -OCH3 is 3. The Kier molecular flexibility index (Phi) is 6.16. The van der Waals surface area contributed by atoms with Crippen molar-refractivity contribution < 1.29 is 23.7 Å². The van der Waals surface area contributed by atoms with E-state index >= 15 is 0 Å². The lowest BCUT2D eigenvalue weighted by molar-refractivity contribution is 0.0467. The van der Waals surface area contributed by atoms with Crippen molar-refractivity contribution in [1.29, 1.82) is 0 Å². The molecule has 0 N–H and O–H groups in total. The van der Waals surface area contributed by atoms with E-state index in [-0.39, 0.29) is 6.61 Å². The first-order valence-electron chi connectivity index (χ1n) is 8.54. The lowest BCUT2D eigenvalue weighted by Crippen LogP contribution is -2.07. The van der Waals surface area contributed by atoms with Crippen molar-refractivity contribution in [2.24, 2.45) is 0 Å². The minimum Gasteiger partial charge on any atom is -0.493 e. The average Bonchev–Trinajstić information content (AvgIpc) is 3.20. The van der Waals surface area contributed by atoms with Crippen LogP contribution in [0.1, 0.15) is 21.6 Å². The summed E-state index contributed by atoms with van der Waals surface area (Å²) in [5, 5.41) is 2.77. The van der Waals surface area contributed by atoms with E-state index in [2.05, 4.69) is 4.98 Å². The largest absolute Gasteiger partial charge is 0.493 e. The molecule has 0 radical (unpaired) electrons. The number of aryl methyl sites for hydroxylation is 1. The number of esters is 1. The molecule has 0 spiro atoms. The van der Waals surface area contributed by atoms with Crippen LogP contribution in [0.25, 0.3) is 10.6 Å². The maximum Gasteiger partial charge on any atom is 0.338 e. The normalized spacial score (nSPS) is 10.4. The van der Waals surface area contributed by atoms with E-state index in [0.29, 0.717) is 28.5 Å². The fourth-order valence-electron chi connectivity index (χ4n) is 2.62. The van der Waals surface area contributed by atoms with Crippen molar-refractivity contribution in [3.05, 3.63) is 58.6 Å².